The summed E-state index contributed by atoms with van der Waals surface area (Å²) in [6, 6.07) is 5.71. The van der Waals surface area contributed by atoms with Gasteiger partial charge in [0.25, 0.3) is 0 Å². The topological polar surface area (TPSA) is 35.2 Å². The Bertz CT molecular complexity index is 314. The van der Waals surface area contributed by atoms with Gasteiger partial charge in [-0.2, -0.15) is 0 Å². The maximum absolute atomic E-state index is 5.90. The Kier molecular flexibility index (Phi) is 2.42. The summed E-state index contributed by atoms with van der Waals surface area (Å²) in [6.07, 6.45) is 0.990. The van der Waals surface area contributed by atoms with E-state index in [1.165, 1.54) is 0 Å². The zero-order valence-corrected chi connectivity index (χ0v) is 8.05. The predicted molar refractivity (Wildman–Crippen MR) is 53.4 cm³/mol. The van der Waals surface area contributed by atoms with Crippen molar-refractivity contribution >= 4 is 11.6 Å². The van der Waals surface area contributed by atoms with Crippen LogP contribution in [0.15, 0.2) is 18.2 Å². The Balaban J connectivity index is 2.41. The van der Waals surface area contributed by atoms with Gasteiger partial charge in [0.15, 0.2) is 0 Å². The van der Waals surface area contributed by atoms with Crippen molar-refractivity contribution in [1.82, 2.24) is 0 Å². The summed E-state index contributed by atoms with van der Waals surface area (Å²) >= 11 is 5.90. The minimum absolute atomic E-state index is 0.405. The first kappa shape index (κ1) is 8.85. The predicted octanol–water partition coefficient (Wildman–Crippen LogP) is 2.16. The van der Waals surface area contributed by atoms with E-state index in [1.807, 2.05) is 18.2 Å². The molecule has 1 heterocycles. The SMILES string of the molecule is NC[C@H]1CCOc2ccc(Cl)cc21. The lowest BCUT2D eigenvalue weighted by Gasteiger charge is -2.24. The first-order valence-corrected chi connectivity index (χ1v) is 4.81. The molecule has 0 unspecified atom stereocenters. The van der Waals surface area contributed by atoms with Gasteiger partial charge in [0, 0.05) is 16.5 Å². The minimum Gasteiger partial charge on any atom is -0.493 e. The average Bonchev–Trinajstić information content (AvgIpc) is 2.17. The van der Waals surface area contributed by atoms with Gasteiger partial charge in [0.2, 0.25) is 0 Å². The smallest absolute Gasteiger partial charge is 0.122 e. The molecule has 0 spiro atoms. The van der Waals surface area contributed by atoms with E-state index in [2.05, 4.69) is 0 Å². The van der Waals surface area contributed by atoms with E-state index in [-0.39, 0.29) is 0 Å². The standard InChI is InChI=1S/C10H12ClNO/c11-8-1-2-10-9(5-8)7(6-12)3-4-13-10/h1-2,5,7H,3-4,6,12H2/t7-/m1/s1. The molecule has 1 aromatic rings. The van der Waals surface area contributed by atoms with Crippen molar-refractivity contribution < 1.29 is 4.74 Å². The monoisotopic (exact) mass is 197 g/mol. The van der Waals surface area contributed by atoms with E-state index in [1.54, 1.807) is 0 Å². The number of benzene rings is 1. The van der Waals surface area contributed by atoms with Gasteiger partial charge >= 0.3 is 0 Å². The van der Waals surface area contributed by atoms with E-state index in [9.17, 15) is 0 Å². The molecule has 0 saturated carbocycles. The highest BCUT2D eigenvalue weighted by Gasteiger charge is 2.19. The normalized spacial score (nSPS) is 20.6. The van der Waals surface area contributed by atoms with E-state index >= 15 is 0 Å². The second-order valence-electron chi connectivity index (χ2n) is 3.25. The molecule has 1 aromatic carbocycles. The highest BCUT2D eigenvalue weighted by molar-refractivity contribution is 6.30. The number of halogens is 1. The van der Waals surface area contributed by atoms with Crippen molar-refractivity contribution in [2.75, 3.05) is 13.2 Å². The molecule has 3 heteroatoms. The summed E-state index contributed by atoms with van der Waals surface area (Å²) in [5, 5.41) is 0.753. The molecular weight excluding hydrogens is 186 g/mol. The van der Waals surface area contributed by atoms with Crippen LogP contribution in [0, 0.1) is 0 Å². The largest absolute Gasteiger partial charge is 0.493 e. The molecule has 2 rings (SSSR count). The second kappa shape index (κ2) is 3.56. The van der Waals surface area contributed by atoms with Gasteiger partial charge in [-0.15, -0.1) is 0 Å². The van der Waals surface area contributed by atoms with Crippen LogP contribution in [0.4, 0.5) is 0 Å². The Morgan fingerprint density at radius 3 is 3.15 bits per heavy atom. The number of fused-ring (bicyclic) bond motifs is 1. The molecule has 0 aromatic heterocycles. The zero-order valence-electron chi connectivity index (χ0n) is 7.29. The second-order valence-corrected chi connectivity index (χ2v) is 3.69. The number of rotatable bonds is 1. The molecule has 70 valence electrons. The molecular formula is C10H12ClNO. The maximum atomic E-state index is 5.90. The molecule has 1 aliphatic heterocycles. The average molecular weight is 198 g/mol. The Hall–Kier alpha value is -0.730. The van der Waals surface area contributed by atoms with Gasteiger partial charge in [-0.3, -0.25) is 0 Å². The summed E-state index contributed by atoms with van der Waals surface area (Å²) in [4.78, 5) is 0. The van der Waals surface area contributed by atoms with Gasteiger partial charge in [-0.1, -0.05) is 11.6 Å². The molecule has 2 nitrogen and oxygen atoms in total. The van der Waals surface area contributed by atoms with Crippen LogP contribution in [-0.4, -0.2) is 13.2 Å². The molecule has 1 atom stereocenters. The Morgan fingerprint density at radius 2 is 2.38 bits per heavy atom. The third-order valence-corrected chi connectivity index (χ3v) is 2.66. The van der Waals surface area contributed by atoms with Crippen molar-refractivity contribution in [3.63, 3.8) is 0 Å². The highest BCUT2D eigenvalue weighted by atomic mass is 35.5. The Morgan fingerprint density at radius 1 is 1.54 bits per heavy atom. The van der Waals surface area contributed by atoms with Gasteiger partial charge in [-0.25, -0.2) is 0 Å². The maximum Gasteiger partial charge on any atom is 0.122 e. The van der Waals surface area contributed by atoms with Crippen LogP contribution in [0.3, 0.4) is 0 Å². The van der Waals surface area contributed by atoms with Crippen LogP contribution in [0.2, 0.25) is 5.02 Å². The van der Waals surface area contributed by atoms with Crippen LogP contribution >= 0.6 is 11.6 Å². The zero-order chi connectivity index (χ0) is 9.26. The molecule has 2 N–H and O–H groups in total. The number of hydrogen-bond acceptors (Lipinski definition) is 2. The third-order valence-electron chi connectivity index (χ3n) is 2.42. The molecule has 0 saturated heterocycles. The number of hydrogen-bond donors (Lipinski definition) is 1. The van der Waals surface area contributed by atoms with Crippen molar-refractivity contribution in [2.24, 2.45) is 5.73 Å². The lowest BCUT2D eigenvalue weighted by atomic mass is 9.93. The van der Waals surface area contributed by atoms with Crippen LogP contribution in [0.25, 0.3) is 0 Å². The first-order chi connectivity index (χ1) is 6.31. The van der Waals surface area contributed by atoms with Gasteiger partial charge in [-0.05, 0) is 31.2 Å². The fourth-order valence-electron chi connectivity index (χ4n) is 1.68. The fourth-order valence-corrected chi connectivity index (χ4v) is 1.86. The fraction of sp³-hybridized carbons (Fsp3) is 0.400. The van der Waals surface area contributed by atoms with Crippen molar-refractivity contribution in [3.05, 3.63) is 28.8 Å². The summed E-state index contributed by atoms with van der Waals surface area (Å²) in [5.41, 5.74) is 6.82. The van der Waals surface area contributed by atoms with E-state index in [4.69, 9.17) is 22.1 Å². The number of nitrogens with two attached hydrogens (primary N) is 1. The summed E-state index contributed by atoms with van der Waals surface area (Å²) < 4.78 is 5.50. The summed E-state index contributed by atoms with van der Waals surface area (Å²) in [6.45, 7) is 1.42. The number of ether oxygens (including phenoxy) is 1. The lowest BCUT2D eigenvalue weighted by molar-refractivity contribution is 0.269. The molecule has 0 radical (unpaired) electrons. The van der Waals surface area contributed by atoms with Crippen molar-refractivity contribution in [1.29, 1.82) is 0 Å². The van der Waals surface area contributed by atoms with Crippen molar-refractivity contribution in [3.8, 4) is 5.75 Å². The minimum atomic E-state index is 0.405. The first-order valence-electron chi connectivity index (χ1n) is 4.43. The molecule has 0 fully saturated rings. The molecule has 1 aliphatic rings. The quantitative estimate of drug-likeness (QED) is 0.749. The summed E-state index contributed by atoms with van der Waals surface area (Å²) in [7, 11) is 0. The lowest BCUT2D eigenvalue weighted by Crippen LogP contribution is -2.20. The van der Waals surface area contributed by atoms with E-state index in [0.717, 1.165) is 29.4 Å². The molecule has 13 heavy (non-hydrogen) atoms. The molecule has 0 aliphatic carbocycles. The summed E-state index contributed by atoms with van der Waals surface area (Å²) in [5.74, 6) is 1.34. The van der Waals surface area contributed by atoms with Crippen LogP contribution < -0.4 is 10.5 Å². The molecule has 0 bridgehead atoms. The Labute approximate surface area is 82.6 Å². The van der Waals surface area contributed by atoms with Gasteiger partial charge in [0.05, 0.1) is 6.61 Å². The van der Waals surface area contributed by atoms with Crippen LogP contribution in [0.5, 0.6) is 5.75 Å². The molecule has 0 amide bonds. The van der Waals surface area contributed by atoms with Crippen LogP contribution in [0.1, 0.15) is 17.9 Å². The van der Waals surface area contributed by atoms with E-state index < -0.39 is 0 Å². The third kappa shape index (κ3) is 1.64. The van der Waals surface area contributed by atoms with E-state index in [0.29, 0.717) is 12.5 Å². The highest BCUT2D eigenvalue weighted by Crippen LogP contribution is 2.34. The van der Waals surface area contributed by atoms with Crippen LogP contribution in [-0.2, 0) is 0 Å². The van der Waals surface area contributed by atoms with Crippen molar-refractivity contribution in [2.45, 2.75) is 12.3 Å². The van der Waals surface area contributed by atoms with Gasteiger partial charge in [0.1, 0.15) is 5.75 Å². The van der Waals surface area contributed by atoms with Gasteiger partial charge < -0.3 is 10.5 Å².